The van der Waals surface area contributed by atoms with Crippen molar-refractivity contribution >= 4 is 21.7 Å². The largest absolute Gasteiger partial charge is 0.322 e. The van der Waals surface area contributed by atoms with Crippen LogP contribution in [0, 0.1) is 6.92 Å². The standard InChI is InChI=1S/C20H30N6O3S/c1-16-8-10-21-15-19(16)24-20(27)26(18-6-3-2-4-7-18)12-5-13-30(28,29)23-14-17-9-11-22-25-17/h8-11,15,18,23H,2-7,12-14H2,1H3,(H,22,25)(H,24,27). The number of sulfonamides is 1. The molecule has 2 aromatic heterocycles. The van der Waals surface area contributed by atoms with Gasteiger partial charge in [0.15, 0.2) is 0 Å². The zero-order valence-corrected chi connectivity index (χ0v) is 18.1. The van der Waals surface area contributed by atoms with Gasteiger partial charge in [-0.15, -0.1) is 0 Å². The molecule has 164 valence electrons. The number of rotatable bonds is 9. The third kappa shape index (κ3) is 6.53. The van der Waals surface area contributed by atoms with E-state index in [9.17, 15) is 13.2 Å². The average molecular weight is 435 g/mol. The van der Waals surface area contributed by atoms with Crippen LogP contribution in [0.25, 0.3) is 0 Å². The number of anilines is 1. The fourth-order valence-corrected chi connectivity index (χ4v) is 4.72. The SMILES string of the molecule is Cc1ccncc1NC(=O)N(CCCS(=O)(=O)NCc1ccn[nH]1)C1CCCCC1. The summed E-state index contributed by atoms with van der Waals surface area (Å²) < 4.78 is 27.2. The van der Waals surface area contributed by atoms with Gasteiger partial charge in [0.2, 0.25) is 10.0 Å². The van der Waals surface area contributed by atoms with E-state index in [1.807, 2.05) is 13.0 Å². The maximum atomic E-state index is 13.0. The van der Waals surface area contributed by atoms with Gasteiger partial charge in [-0.1, -0.05) is 19.3 Å². The van der Waals surface area contributed by atoms with Crippen LogP contribution < -0.4 is 10.0 Å². The second-order valence-corrected chi connectivity index (χ2v) is 9.61. The van der Waals surface area contributed by atoms with Gasteiger partial charge in [0.25, 0.3) is 0 Å². The number of carbonyl (C=O) groups is 1. The molecule has 0 atom stereocenters. The molecule has 3 N–H and O–H groups in total. The molecule has 0 aliphatic heterocycles. The number of urea groups is 1. The highest BCUT2D eigenvalue weighted by atomic mass is 32.2. The van der Waals surface area contributed by atoms with E-state index in [0.717, 1.165) is 31.2 Å². The summed E-state index contributed by atoms with van der Waals surface area (Å²) in [5, 5.41) is 9.48. The molecule has 0 aromatic carbocycles. The Morgan fingerprint density at radius 2 is 2.03 bits per heavy atom. The molecular formula is C20H30N6O3S. The highest BCUT2D eigenvalue weighted by molar-refractivity contribution is 7.89. The number of nitrogens with one attached hydrogen (secondary N) is 3. The van der Waals surface area contributed by atoms with Crippen LogP contribution in [0.3, 0.4) is 0 Å². The molecule has 0 radical (unpaired) electrons. The number of aromatic nitrogens is 3. The lowest BCUT2D eigenvalue weighted by atomic mass is 9.94. The molecule has 1 aliphatic rings. The van der Waals surface area contributed by atoms with Crippen molar-refractivity contribution < 1.29 is 13.2 Å². The number of hydrogen-bond acceptors (Lipinski definition) is 5. The van der Waals surface area contributed by atoms with E-state index in [1.54, 1.807) is 29.6 Å². The normalized spacial score (nSPS) is 15.1. The molecule has 30 heavy (non-hydrogen) atoms. The van der Waals surface area contributed by atoms with Crippen molar-refractivity contribution in [3.63, 3.8) is 0 Å². The van der Waals surface area contributed by atoms with E-state index in [0.29, 0.717) is 24.3 Å². The fourth-order valence-electron chi connectivity index (χ4n) is 3.69. The molecule has 2 amide bonds. The summed E-state index contributed by atoms with van der Waals surface area (Å²) >= 11 is 0. The zero-order chi connectivity index (χ0) is 21.4. The van der Waals surface area contributed by atoms with Crippen LogP contribution in [-0.4, -0.2) is 52.9 Å². The van der Waals surface area contributed by atoms with E-state index in [4.69, 9.17) is 0 Å². The predicted molar refractivity (Wildman–Crippen MR) is 115 cm³/mol. The molecule has 0 saturated heterocycles. The third-order valence-corrected chi connectivity index (χ3v) is 6.82. The molecule has 2 heterocycles. The summed E-state index contributed by atoms with van der Waals surface area (Å²) in [4.78, 5) is 18.9. The Kier molecular flexibility index (Phi) is 7.81. The van der Waals surface area contributed by atoms with Crippen molar-refractivity contribution in [2.45, 2.75) is 58.0 Å². The van der Waals surface area contributed by atoms with Gasteiger partial charge in [-0.25, -0.2) is 17.9 Å². The summed E-state index contributed by atoms with van der Waals surface area (Å²) in [6.45, 7) is 2.48. The van der Waals surface area contributed by atoms with Crippen molar-refractivity contribution in [3.8, 4) is 0 Å². The summed E-state index contributed by atoms with van der Waals surface area (Å²) in [6, 6.07) is 3.51. The number of carbonyl (C=O) groups excluding carboxylic acids is 1. The van der Waals surface area contributed by atoms with Crippen molar-refractivity contribution in [2.24, 2.45) is 0 Å². The quantitative estimate of drug-likeness (QED) is 0.560. The van der Waals surface area contributed by atoms with Gasteiger partial charge in [-0.2, -0.15) is 5.10 Å². The van der Waals surface area contributed by atoms with Gasteiger partial charge in [0.1, 0.15) is 0 Å². The number of aromatic amines is 1. The highest BCUT2D eigenvalue weighted by Crippen LogP contribution is 2.24. The van der Waals surface area contributed by atoms with Gasteiger partial charge < -0.3 is 10.2 Å². The van der Waals surface area contributed by atoms with Crippen LogP contribution in [0.5, 0.6) is 0 Å². The molecule has 10 heteroatoms. The van der Waals surface area contributed by atoms with E-state index >= 15 is 0 Å². The molecular weight excluding hydrogens is 404 g/mol. The summed E-state index contributed by atoms with van der Waals surface area (Å²) in [6.07, 6.45) is 10.5. The number of aryl methyl sites for hydroxylation is 1. The molecule has 0 bridgehead atoms. The summed E-state index contributed by atoms with van der Waals surface area (Å²) in [7, 11) is -3.44. The maximum absolute atomic E-state index is 13.0. The van der Waals surface area contributed by atoms with E-state index in [-0.39, 0.29) is 24.4 Å². The van der Waals surface area contributed by atoms with Gasteiger partial charge in [0, 0.05) is 25.0 Å². The summed E-state index contributed by atoms with van der Waals surface area (Å²) in [5.41, 5.74) is 2.32. The maximum Gasteiger partial charge on any atom is 0.322 e. The molecule has 2 aromatic rings. The Hall–Kier alpha value is -2.46. The van der Waals surface area contributed by atoms with Crippen molar-refractivity contribution in [2.75, 3.05) is 17.6 Å². The Balaban J connectivity index is 1.58. The second kappa shape index (κ2) is 10.5. The molecule has 3 rings (SSSR count). The van der Waals surface area contributed by atoms with Gasteiger partial charge in [-0.3, -0.25) is 10.1 Å². The minimum Gasteiger partial charge on any atom is -0.322 e. The fraction of sp³-hybridized carbons (Fsp3) is 0.550. The van der Waals surface area contributed by atoms with E-state index in [1.165, 1.54) is 6.42 Å². The predicted octanol–water partition coefficient (Wildman–Crippen LogP) is 2.79. The lowest BCUT2D eigenvalue weighted by molar-refractivity contribution is 0.167. The number of nitrogens with zero attached hydrogens (tertiary/aromatic N) is 3. The van der Waals surface area contributed by atoms with Crippen molar-refractivity contribution in [1.29, 1.82) is 0 Å². The first kappa shape index (κ1) is 22.2. The molecule has 1 fully saturated rings. The van der Waals surface area contributed by atoms with Crippen LogP contribution >= 0.6 is 0 Å². The van der Waals surface area contributed by atoms with Crippen molar-refractivity contribution in [1.82, 2.24) is 24.8 Å². The number of amides is 2. The van der Waals surface area contributed by atoms with E-state index in [2.05, 4.69) is 25.2 Å². The van der Waals surface area contributed by atoms with Crippen LogP contribution in [-0.2, 0) is 16.6 Å². The van der Waals surface area contributed by atoms with Gasteiger partial charge >= 0.3 is 6.03 Å². The Labute approximate surface area is 177 Å². The number of H-pyrrole nitrogens is 1. The molecule has 0 unspecified atom stereocenters. The van der Waals surface area contributed by atoms with Crippen molar-refractivity contribution in [3.05, 3.63) is 42.0 Å². The third-order valence-electron chi connectivity index (χ3n) is 5.41. The molecule has 0 spiro atoms. The summed E-state index contributed by atoms with van der Waals surface area (Å²) in [5.74, 6) is -0.0381. The van der Waals surface area contributed by atoms with E-state index < -0.39 is 10.0 Å². The van der Waals surface area contributed by atoms with Crippen LogP contribution in [0.2, 0.25) is 0 Å². The Bertz CT molecular complexity index is 910. The van der Waals surface area contributed by atoms with Crippen LogP contribution in [0.4, 0.5) is 10.5 Å². The minimum atomic E-state index is -3.44. The zero-order valence-electron chi connectivity index (χ0n) is 17.3. The number of hydrogen-bond donors (Lipinski definition) is 3. The topological polar surface area (TPSA) is 120 Å². The second-order valence-electron chi connectivity index (χ2n) is 7.68. The highest BCUT2D eigenvalue weighted by Gasteiger charge is 2.26. The monoisotopic (exact) mass is 434 g/mol. The Morgan fingerprint density at radius 3 is 2.73 bits per heavy atom. The van der Waals surface area contributed by atoms with Crippen LogP contribution in [0.1, 0.15) is 49.8 Å². The lowest BCUT2D eigenvalue weighted by Crippen LogP contribution is -2.45. The average Bonchev–Trinajstić information content (AvgIpc) is 3.26. The number of pyridine rings is 1. The van der Waals surface area contributed by atoms with Gasteiger partial charge in [-0.05, 0) is 43.9 Å². The Morgan fingerprint density at radius 1 is 1.23 bits per heavy atom. The first-order chi connectivity index (χ1) is 14.4. The molecule has 9 nitrogen and oxygen atoms in total. The first-order valence-corrected chi connectivity index (χ1v) is 12.0. The smallest absolute Gasteiger partial charge is 0.322 e. The molecule has 1 aliphatic carbocycles. The first-order valence-electron chi connectivity index (χ1n) is 10.4. The lowest BCUT2D eigenvalue weighted by Gasteiger charge is -2.34. The molecule has 1 saturated carbocycles. The van der Waals surface area contributed by atoms with Crippen LogP contribution in [0.15, 0.2) is 30.7 Å². The van der Waals surface area contributed by atoms with Gasteiger partial charge in [0.05, 0.1) is 29.9 Å². The minimum absolute atomic E-state index is 0.0381.